The highest BCUT2D eigenvalue weighted by molar-refractivity contribution is 6.74. The molecule has 40 heavy (non-hydrogen) atoms. The van der Waals surface area contributed by atoms with Crippen LogP contribution < -0.4 is 0 Å². The predicted octanol–water partition coefficient (Wildman–Crippen LogP) is 7.27. The Hall–Kier alpha value is -1.94. The topological polar surface area (TPSA) is 112 Å². The van der Waals surface area contributed by atoms with Gasteiger partial charge in [-0.25, -0.2) is 0 Å². The number of ether oxygens (including phenoxy) is 4. The molecule has 226 valence electrons. The molecular weight excluding hydrogens is 526 g/mol. The lowest BCUT2D eigenvalue weighted by molar-refractivity contribution is -0.189. The first-order valence-electron chi connectivity index (χ1n) is 14.5. The molecular formula is C30H51N3O6Si. The van der Waals surface area contributed by atoms with Crippen LogP contribution in [0.25, 0.3) is 10.4 Å². The fourth-order valence-electron chi connectivity index (χ4n) is 4.76. The fraction of sp³-hybridized carbons (Fsp3) is 0.767. The molecule has 0 unspecified atom stereocenters. The van der Waals surface area contributed by atoms with Crippen LogP contribution in [0.1, 0.15) is 66.4 Å². The van der Waals surface area contributed by atoms with Crippen molar-refractivity contribution in [2.75, 3.05) is 20.5 Å². The van der Waals surface area contributed by atoms with Crippen molar-refractivity contribution in [3.8, 4) is 0 Å². The van der Waals surface area contributed by atoms with E-state index in [0.29, 0.717) is 26.1 Å². The van der Waals surface area contributed by atoms with Crippen LogP contribution in [-0.4, -0.2) is 59.2 Å². The molecule has 1 saturated carbocycles. The molecule has 10 heteroatoms. The minimum atomic E-state index is -1.98. The van der Waals surface area contributed by atoms with Gasteiger partial charge in [-0.15, -0.1) is 0 Å². The van der Waals surface area contributed by atoms with Crippen LogP contribution in [0.5, 0.6) is 0 Å². The van der Waals surface area contributed by atoms with E-state index in [-0.39, 0.29) is 29.6 Å². The number of hydrogen-bond acceptors (Lipinski definition) is 7. The molecule has 0 aromatic heterocycles. The summed E-state index contributed by atoms with van der Waals surface area (Å²) in [5.41, 5.74) is 10.2. The minimum absolute atomic E-state index is 0.0127. The van der Waals surface area contributed by atoms with Gasteiger partial charge < -0.3 is 23.4 Å². The second-order valence-electron chi connectivity index (χ2n) is 12.8. The van der Waals surface area contributed by atoms with E-state index in [1.165, 1.54) is 0 Å². The molecule has 0 aliphatic heterocycles. The Kier molecular flexibility index (Phi) is 13.6. The highest BCUT2D eigenvalue weighted by Gasteiger charge is 2.43. The quantitative estimate of drug-likeness (QED) is 0.0541. The van der Waals surface area contributed by atoms with E-state index in [0.717, 1.165) is 12.0 Å². The van der Waals surface area contributed by atoms with E-state index in [1.54, 1.807) is 7.11 Å². The number of azide groups is 1. The maximum Gasteiger partial charge on any atom is 0.311 e. The van der Waals surface area contributed by atoms with Crippen LogP contribution in [0.15, 0.2) is 35.4 Å². The largest absolute Gasteiger partial charge is 0.459 e. The first-order chi connectivity index (χ1) is 18.8. The molecule has 0 amide bonds. The second kappa shape index (κ2) is 15.9. The summed E-state index contributed by atoms with van der Waals surface area (Å²) in [6, 6.07) is 9.34. The summed E-state index contributed by atoms with van der Waals surface area (Å²) in [7, 11) is -0.398. The Bertz CT molecular complexity index is 949. The van der Waals surface area contributed by atoms with E-state index >= 15 is 0 Å². The van der Waals surface area contributed by atoms with E-state index in [1.807, 2.05) is 44.2 Å². The van der Waals surface area contributed by atoms with Crippen molar-refractivity contribution in [2.45, 2.75) is 110 Å². The Balaban J connectivity index is 2.24. The number of methoxy groups -OCH3 is 1. The Morgan fingerprint density at radius 2 is 1.80 bits per heavy atom. The molecule has 0 saturated heterocycles. The monoisotopic (exact) mass is 577 g/mol. The summed E-state index contributed by atoms with van der Waals surface area (Å²) in [6.45, 7) is 18.1. The fourth-order valence-corrected chi connectivity index (χ4v) is 5.88. The van der Waals surface area contributed by atoms with Gasteiger partial charge in [-0.05, 0) is 48.0 Å². The normalized spacial score (nSPS) is 22.3. The Morgan fingerprint density at radius 1 is 1.12 bits per heavy atom. The van der Waals surface area contributed by atoms with E-state index in [2.05, 4.69) is 50.8 Å². The minimum Gasteiger partial charge on any atom is -0.459 e. The molecule has 0 N–H and O–H groups in total. The van der Waals surface area contributed by atoms with E-state index in [4.69, 9.17) is 23.4 Å². The maximum absolute atomic E-state index is 13.8. The molecule has 1 aromatic carbocycles. The number of carbonyl (C=O) groups is 1. The van der Waals surface area contributed by atoms with E-state index in [9.17, 15) is 10.3 Å². The lowest BCUT2D eigenvalue weighted by Crippen LogP contribution is -2.49. The lowest BCUT2D eigenvalue weighted by atomic mass is 9.83. The van der Waals surface area contributed by atoms with Crippen molar-refractivity contribution < 1.29 is 28.2 Å². The molecule has 0 radical (unpaired) electrons. The van der Waals surface area contributed by atoms with Gasteiger partial charge in [0.1, 0.15) is 19.0 Å². The molecule has 1 aliphatic rings. The number of esters is 1. The standard InChI is InChI=1S/C30H51N3O6Si/c1-21(2)26(27(37-20-35-7)22(3)18-38-40(8,9)30(4,5)6)39-29(34)24-16-13-17-25(32-33-31)28(24)36-19-23-14-11-10-12-15-23/h10-12,14-15,21-22,24-28H,13,16-20H2,1-9H3/t22-,24+,25+,26+,27-,28+/m1/s1. The summed E-state index contributed by atoms with van der Waals surface area (Å²) < 4.78 is 30.4. The van der Waals surface area contributed by atoms with Gasteiger partial charge in [0.05, 0.1) is 24.7 Å². The number of carbonyl (C=O) groups excluding carboxylic acids is 1. The summed E-state index contributed by atoms with van der Waals surface area (Å²) in [4.78, 5) is 16.8. The molecule has 0 heterocycles. The van der Waals surface area contributed by atoms with Crippen molar-refractivity contribution in [3.05, 3.63) is 46.3 Å². The summed E-state index contributed by atoms with van der Waals surface area (Å²) in [5.74, 6) is -0.951. The summed E-state index contributed by atoms with van der Waals surface area (Å²) in [6.07, 6.45) is 0.518. The van der Waals surface area contributed by atoms with Crippen LogP contribution in [0.4, 0.5) is 0 Å². The molecule has 1 fully saturated rings. The molecule has 1 aromatic rings. The van der Waals surface area contributed by atoms with E-state index < -0.39 is 38.6 Å². The highest BCUT2D eigenvalue weighted by atomic mass is 28.4. The third kappa shape index (κ3) is 9.85. The van der Waals surface area contributed by atoms with Gasteiger partial charge >= 0.3 is 5.97 Å². The van der Waals surface area contributed by atoms with Crippen LogP contribution in [-0.2, 0) is 34.8 Å². The van der Waals surface area contributed by atoms with Gasteiger partial charge in [0.25, 0.3) is 0 Å². The SMILES string of the molecule is COCO[C@H]([C@H](C)CO[Si](C)(C)C(C)(C)C)[C@@H](OC(=O)[C@H]1CCC[C@H](N=[N+]=[N-])[C@H]1OCc1ccccc1)C(C)C. The smallest absolute Gasteiger partial charge is 0.311 e. The summed E-state index contributed by atoms with van der Waals surface area (Å²) >= 11 is 0. The second-order valence-corrected chi connectivity index (χ2v) is 17.6. The van der Waals surface area contributed by atoms with Crippen LogP contribution >= 0.6 is 0 Å². The van der Waals surface area contributed by atoms with Crippen molar-refractivity contribution in [1.82, 2.24) is 0 Å². The van der Waals surface area contributed by atoms with Crippen molar-refractivity contribution in [2.24, 2.45) is 22.9 Å². The first kappa shape index (κ1) is 34.3. The Labute approximate surface area is 242 Å². The van der Waals surface area contributed by atoms with Crippen LogP contribution in [0.2, 0.25) is 18.1 Å². The molecule has 2 rings (SSSR count). The van der Waals surface area contributed by atoms with Gasteiger partial charge in [-0.2, -0.15) is 0 Å². The van der Waals surface area contributed by atoms with Crippen LogP contribution in [0, 0.1) is 17.8 Å². The number of benzene rings is 1. The molecule has 0 spiro atoms. The van der Waals surface area contributed by atoms with Gasteiger partial charge in [-0.1, -0.05) is 83.4 Å². The number of rotatable bonds is 15. The average Bonchev–Trinajstić information content (AvgIpc) is 2.90. The zero-order valence-corrected chi connectivity index (χ0v) is 27.0. The third-order valence-electron chi connectivity index (χ3n) is 8.26. The molecule has 6 atom stereocenters. The Morgan fingerprint density at radius 3 is 2.38 bits per heavy atom. The van der Waals surface area contributed by atoms with Gasteiger partial charge in [0.15, 0.2) is 8.32 Å². The summed E-state index contributed by atoms with van der Waals surface area (Å²) in [5, 5.41) is 4.07. The molecule has 9 nitrogen and oxygen atoms in total. The lowest BCUT2D eigenvalue weighted by Gasteiger charge is -2.40. The van der Waals surface area contributed by atoms with Crippen molar-refractivity contribution in [1.29, 1.82) is 0 Å². The first-order valence-corrected chi connectivity index (χ1v) is 17.4. The predicted molar refractivity (Wildman–Crippen MR) is 159 cm³/mol. The zero-order chi connectivity index (χ0) is 29.9. The van der Waals surface area contributed by atoms with Gasteiger partial charge in [-0.3, -0.25) is 4.79 Å². The average molecular weight is 578 g/mol. The molecule has 0 bridgehead atoms. The van der Waals surface area contributed by atoms with Gasteiger partial charge in [0, 0.05) is 24.5 Å². The highest BCUT2D eigenvalue weighted by Crippen LogP contribution is 2.37. The van der Waals surface area contributed by atoms with Gasteiger partial charge in [0.2, 0.25) is 0 Å². The molecule has 1 aliphatic carbocycles. The number of nitrogens with zero attached hydrogens (tertiary/aromatic N) is 3. The van der Waals surface area contributed by atoms with Crippen molar-refractivity contribution in [3.63, 3.8) is 0 Å². The van der Waals surface area contributed by atoms with Crippen LogP contribution in [0.3, 0.4) is 0 Å². The maximum atomic E-state index is 13.8. The van der Waals surface area contributed by atoms with Crippen molar-refractivity contribution >= 4 is 14.3 Å². The number of hydrogen-bond donors (Lipinski definition) is 0. The third-order valence-corrected chi connectivity index (χ3v) is 12.8. The zero-order valence-electron chi connectivity index (χ0n) is 26.0.